The van der Waals surface area contributed by atoms with Gasteiger partial charge >= 0.3 is 0 Å². The zero-order valence-electron chi connectivity index (χ0n) is 8.28. The standard InChI is InChI=1S/C9H10Br2N2O2S/c10-6-3-8(11)9(12-4-6)13-7-1-2-16(14,15)5-7/h3-4,7H,1-2,5H2,(H,12,13). The molecule has 1 N–H and O–H groups in total. The number of aromatic nitrogens is 1. The first-order valence-electron chi connectivity index (χ1n) is 4.74. The van der Waals surface area contributed by atoms with Crippen LogP contribution in [-0.4, -0.2) is 30.9 Å². The maximum absolute atomic E-state index is 11.3. The molecule has 1 aromatic rings. The van der Waals surface area contributed by atoms with Crippen LogP contribution in [0.4, 0.5) is 5.82 Å². The Bertz CT molecular complexity index is 504. The third kappa shape index (κ3) is 2.95. The molecule has 0 spiro atoms. The molecule has 1 aromatic heterocycles. The van der Waals surface area contributed by atoms with Crippen molar-refractivity contribution in [3.05, 3.63) is 21.2 Å². The Balaban J connectivity index is 2.11. The van der Waals surface area contributed by atoms with Crippen LogP contribution in [0.1, 0.15) is 6.42 Å². The Morgan fingerprint density at radius 1 is 1.44 bits per heavy atom. The summed E-state index contributed by atoms with van der Waals surface area (Å²) in [6, 6.07) is 1.84. The highest BCUT2D eigenvalue weighted by Gasteiger charge is 2.28. The summed E-state index contributed by atoms with van der Waals surface area (Å²) in [7, 11) is -2.85. The molecule has 1 unspecified atom stereocenters. The van der Waals surface area contributed by atoms with Crippen LogP contribution >= 0.6 is 31.9 Å². The Labute approximate surface area is 111 Å². The van der Waals surface area contributed by atoms with Gasteiger partial charge in [-0.1, -0.05) is 0 Å². The van der Waals surface area contributed by atoms with Crippen molar-refractivity contribution in [1.29, 1.82) is 0 Å². The van der Waals surface area contributed by atoms with Gasteiger partial charge in [0.2, 0.25) is 0 Å². The molecule has 1 saturated heterocycles. The van der Waals surface area contributed by atoms with Gasteiger partial charge in [-0.2, -0.15) is 0 Å². The van der Waals surface area contributed by atoms with Gasteiger partial charge < -0.3 is 5.32 Å². The number of rotatable bonds is 2. The van der Waals surface area contributed by atoms with E-state index in [2.05, 4.69) is 42.2 Å². The van der Waals surface area contributed by atoms with E-state index < -0.39 is 9.84 Å². The fraction of sp³-hybridized carbons (Fsp3) is 0.444. The minimum absolute atomic E-state index is 0.0324. The maximum Gasteiger partial charge on any atom is 0.152 e. The van der Waals surface area contributed by atoms with Crippen molar-refractivity contribution in [2.75, 3.05) is 16.8 Å². The van der Waals surface area contributed by atoms with Gasteiger partial charge in [0.1, 0.15) is 5.82 Å². The summed E-state index contributed by atoms with van der Waals surface area (Å²) in [4.78, 5) is 4.19. The van der Waals surface area contributed by atoms with Gasteiger partial charge in [-0.3, -0.25) is 0 Å². The van der Waals surface area contributed by atoms with Crippen LogP contribution in [0.15, 0.2) is 21.2 Å². The van der Waals surface area contributed by atoms with Gasteiger partial charge in [0, 0.05) is 16.7 Å². The lowest BCUT2D eigenvalue weighted by Gasteiger charge is -2.12. The molecule has 0 aliphatic carbocycles. The first-order valence-corrected chi connectivity index (χ1v) is 8.15. The summed E-state index contributed by atoms with van der Waals surface area (Å²) in [5, 5.41) is 3.13. The first kappa shape index (κ1) is 12.3. The lowest BCUT2D eigenvalue weighted by Crippen LogP contribution is -2.21. The van der Waals surface area contributed by atoms with Crippen LogP contribution < -0.4 is 5.32 Å². The van der Waals surface area contributed by atoms with Crippen molar-refractivity contribution in [2.45, 2.75) is 12.5 Å². The SMILES string of the molecule is O=S1(=O)CCC(Nc2ncc(Br)cc2Br)C1. The van der Waals surface area contributed by atoms with Gasteiger partial charge in [-0.15, -0.1) is 0 Å². The molecule has 0 saturated carbocycles. The lowest BCUT2D eigenvalue weighted by molar-refractivity contribution is 0.602. The predicted octanol–water partition coefficient (Wildman–Crippen LogP) is 2.21. The molecule has 0 radical (unpaired) electrons. The molecule has 2 heterocycles. The largest absolute Gasteiger partial charge is 0.365 e. The number of halogens is 2. The highest BCUT2D eigenvalue weighted by atomic mass is 79.9. The summed E-state index contributed by atoms with van der Waals surface area (Å²) in [5.41, 5.74) is 0. The molecule has 1 fully saturated rings. The smallest absolute Gasteiger partial charge is 0.152 e. The zero-order chi connectivity index (χ0) is 11.8. The number of anilines is 1. The number of nitrogens with zero attached hydrogens (tertiary/aromatic N) is 1. The van der Waals surface area contributed by atoms with Crippen molar-refractivity contribution >= 4 is 47.5 Å². The van der Waals surface area contributed by atoms with Crippen molar-refractivity contribution in [3.8, 4) is 0 Å². The number of sulfone groups is 1. The minimum Gasteiger partial charge on any atom is -0.365 e. The Morgan fingerprint density at radius 2 is 2.19 bits per heavy atom. The molecular weight excluding hydrogens is 360 g/mol. The van der Waals surface area contributed by atoms with Crippen LogP contribution in [-0.2, 0) is 9.84 Å². The predicted molar refractivity (Wildman–Crippen MR) is 70.3 cm³/mol. The highest BCUT2D eigenvalue weighted by molar-refractivity contribution is 9.11. The van der Waals surface area contributed by atoms with Gasteiger partial charge in [-0.05, 0) is 44.3 Å². The van der Waals surface area contributed by atoms with Crippen LogP contribution in [0, 0.1) is 0 Å². The van der Waals surface area contributed by atoms with E-state index in [1.54, 1.807) is 6.20 Å². The van der Waals surface area contributed by atoms with Crippen LogP contribution in [0.3, 0.4) is 0 Å². The molecular formula is C9H10Br2N2O2S. The van der Waals surface area contributed by atoms with Crippen molar-refractivity contribution in [2.24, 2.45) is 0 Å². The molecule has 7 heteroatoms. The molecule has 1 aliphatic heterocycles. The van der Waals surface area contributed by atoms with Crippen molar-refractivity contribution in [1.82, 2.24) is 4.98 Å². The fourth-order valence-electron chi connectivity index (χ4n) is 1.62. The van der Waals surface area contributed by atoms with E-state index in [1.165, 1.54) is 0 Å². The highest BCUT2D eigenvalue weighted by Crippen LogP contribution is 2.25. The van der Waals surface area contributed by atoms with Crippen LogP contribution in [0.5, 0.6) is 0 Å². The average molecular weight is 370 g/mol. The summed E-state index contributed by atoms with van der Waals surface area (Å²) in [6.07, 6.45) is 2.32. The topological polar surface area (TPSA) is 59.1 Å². The van der Waals surface area contributed by atoms with E-state index in [4.69, 9.17) is 0 Å². The van der Waals surface area contributed by atoms with E-state index in [-0.39, 0.29) is 17.5 Å². The van der Waals surface area contributed by atoms with Crippen LogP contribution in [0.25, 0.3) is 0 Å². The molecule has 4 nitrogen and oxygen atoms in total. The van der Waals surface area contributed by atoms with Gasteiger partial charge in [0.05, 0.1) is 16.0 Å². The van der Waals surface area contributed by atoms with Gasteiger partial charge in [-0.25, -0.2) is 13.4 Å². The van der Waals surface area contributed by atoms with Crippen LogP contribution in [0.2, 0.25) is 0 Å². The Morgan fingerprint density at radius 3 is 2.75 bits per heavy atom. The molecule has 88 valence electrons. The lowest BCUT2D eigenvalue weighted by atomic mass is 10.2. The molecule has 0 amide bonds. The summed E-state index contributed by atoms with van der Waals surface area (Å²) in [5.74, 6) is 1.14. The molecule has 0 aromatic carbocycles. The van der Waals surface area contributed by atoms with E-state index in [0.717, 1.165) is 8.95 Å². The second-order valence-corrected chi connectivity index (χ2v) is 7.73. The third-order valence-electron chi connectivity index (χ3n) is 2.38. The van der Waals surface area contributed by atoms with Gasteiger partial charge in [0.15, 0.2) is 9.84 Å². The van der Waals surface area contributed by atoms with E-state index in [0.29, 0.717) is 12.2 Å². The third-order valence-corrected chi connectivity index (χ3v) is 5.19. The molecule has 16 heavy (non-hydrogen) atoms. The number of hydrogen-bond acceptors (Lipinski definition) is 4. The molecule has 1 aliphatic rings. The second-order valence-electron chi connectivity index (χ2n) is 3.73. The van der Waals surface area contributed by atoms with E-state index in [1.807, 2.05) is 6.07 Å². The summed E-state index contributed by atoms with van der Waals surface area (Å²) < 4.78 is 24.3. The minimum atomic E-state index is -2.85. The van der Waals surface area contributed by atoms with E-state index in [9.17, 15) is 8.42 Å². The van der Waals surface area contributed by atoms with E-state index >= 15 is 0 Å². The molecule has 2 rings (SSSR count). The summed E-state index contributed by atoms with van der Waals surface area (Å²) >= 11 is 6.69. The summed E-state index contributed by atoms with van der Waals surface area (Å²) in [6.45, 7) is 0. The Kier molecular flexibility index (Phi) is 3.56. The van der Waals surface area contributed by atoms with Crippen molar-refractivity contribution in [3.63, 3.8) is 0 Å². The first-order chi connectivity index (χ1) is 7.46. The van der Waals surface area contributed by atoms with Crippen molar-refractivity contribution < 1.29 is 8.42 Å². The normalized spacial score (nSPS) is 23.2. The maximum atomic E-state index is 11.3. The molecule has 0 bridgehead atoms. The average Bonchev–Trinajstić information content (AvgIpc) is 2.51. The molecule has 1 atom stereocenters. The second kappa shape index (κ2) is 4.62. The number of pyridine rings is 1. The zero-order valence-corrected chi connectivity index (χ0v) is 12.3. The number of hydrogen-bond donors (Lipinski definition) is 1. The van der Waals surface area contributed by atoms with Gasteiger partial charge in [0.25, 0.3) is 0 Å². The number of nitrogens with one attached hydrogen (secondary N) is 1. The quantitative estimate of drug-likeness (QED) is 0.868. The Hall–Kier alpha value is -0.140. The monoisotopic (exact) mass is 368 g/mol. The fourth-order valence-corrected chi connectivity index (χ4v) is 4.40.